The Morgan fingerprint density at radius 2 is 1.47 bits per heavy atom. The van der Waals surface area contributed by atoms with Gasteiger partial charge in [-0.05, 0) is 63.6 Å². The maximum atomic E-state index is 12.3. The molecule has 0 radical (unpaired) electrons. The van der Waals surface area contributed by atoms with Gasteiger partial charge in [0.15, 0.2) is 0 Å². The number of amides is 3. The summed E-state index contributed by atoms with van der Waals surface area (Å²) in [5, 5.41) is 5.66. The van der Waals surface area contributed by atoms with Crippen LogP contribution in [-0.2, 0) is 9.59 Å². The molecule has 0 aliphatic heterocycles. The van der Waals surface area contributed by atoms with E-state index in [1.54, 1.807) is 29.2 Å². The first-order valence-corrected chi connectivity index (χ1v) is 11.1. The van der Waals surface area contributed by atoms with Crippen molar-refractivity contribution in [2.75, 3.05) is 35.2 Å². The number of carbonyl (C=O) groups excluding carboxylic acids is 3. The Bertz CT molecular complexity index is 893. The van der Waals surface area contributed by atoms with Crippen LogP contribution in [0.5, 0.6) is 0 Å². The molecule has 7 heteroatoms. The quantitative estimate of drug-likeness (QED) is 0.632. The molecular formula is C23H29N3O3S. The summed E-state index contributed by atoms with van der Waals surface area (Å²) >= 11 is 1.25. The summed E-state index contributed by atoms with van der Waals surface area (Å²) < 4.78 is 0. The molecule has 2 aromatic rings. The van der Waals surface area contributed by atoms with E-state index < -0.39 is 0 Å². The number of thioether (sulfide) groups is 1. The Balaban J connectivity index is 1.77. The highest BCUT2D eigenvalue weighted by atomic mass is 32.2. The van der Waals surface area contributed by atoms with E-state index in [1.807, 2.05) is 45.9 Å². The summed E-state index contributed by atoms with van der Waals surface area (Å²) in [4.78, 5) is 38.3. The highest BCUT2D eigenvalue weighted by Gasteiger charge is 2.12. The molecule has 0 unspecified atom stereocenters. The average molecular weight is 428 g/mol. The van der Waals surface area contributed by atoms with E-state index in [-0.39, 0.29) is 29.2 Å². The van der Waals surface area contributed by atoms with E-state index >= 15 is 0 Å². The molecule has 0 fully saturated rings. The lowest BCUT2D eigenvalue weighted by Crippen LogP contribution is -2.30. The number of carbonyl (C=O) groups is 3. The van der Waals surface area contributed by atoms with Gasteiger partial charge in [-0.15, -0.1) is 11.8 Å². The number of hydrogen-bond acceptors (Lipinski definition) is 4. The Hall–Kier alpha value is -2.80. The van der Waals surface area contributed by atoms with Gasteiger partial charge in [-0.2, -0.15) is 0 Å². The van der Waals surface area contributed by atoms with Crippen LogP contribution in [0.2, 0.25) is 0 Å². The van der Waals surface area contributed by atoms with E-state index in [0.717, 1.165) is 16.8 Å². The molecule has 0 aromatic heterocycles. The number of benzene rings is 2. The maximum absolute atomic E-state index is 12.3. The standard InChI is InChI=1S/C23H29N3O3S/c1-5-26(6-2)23(29)18-8-10-19(11-9-18)24-21(27)14-30-15-22(28)25-20-12-7-16(3)13-17(20)4/h7-13H,5-6,14-15H2,1-4H3,(H,24,27)(H,25,28). The zero-order valence-electron chi connectivity index (χ0n) is 18.0. The second-order valence-electron chi connectivity index (χ2n) is 6.96. The number of aryl methyl sites for hydroxylation is 2. The molecule has 0 atom stereocenters. The van der Waals surface area contributed by atoms with Gasteiger partial charge in [0.2, 0.25) is 11.8 Å². The summed E-state index contributed by atoms with van der Waals surface area (Å²) in [6.07, 6.45) is 0. The van der Waals surface area contributed by atoms with Crippen LogP contribution in [0, 0.1) is 13.8 Å². The monoisotopic (exact) mass is 427 g/mol. The predicted molar refractivity (Wildman–Crippen MR) is 124 cm³/mol. The van der Waals surface area contributed by atoms with Crippen LogP contribution in [0.1, 0.15) is 35.3 Å². The van der Waals surface area contributed by atoms with E-state index in [9.17, 15) is 14.4 Å². The topological polar surface area (TPSA) is 78.5 Å². The highest BCUT2D eigenvalue weighted by molar-refractivity contribution is 8.00. The van der Waals surface area contributed by atoms with E-state index in [1.165, 1.54) is 11.8 Å². The van der Waals surface area contributed by atoms with Crippen molar-refractivity contribution >= 4 is 40.9 Å². The van der Waals surface area contributed by atoms with Crippen molar-refractivity contribution in [1.82, 2.24) is 4.90 Å². The first kappa shape index (κ1) is 23.5. The van der Waals surface area contributed by atoms with Crippen molar-refractivity contribution < 1.29 is 14.4 Å². The van der Waals surface area contributed by atoms with Crippen molar-refractivity contribution in [3.05, 3.63) is 59.2 Å². The number of rotatable bonds is 9. The van der Waals surface area contributed by atoms with Crippen LogP contribution in [0.4, 0.5) is 11.4 Å². The molecule has 0 bridgehead atoms. The molecule has 2 rings (SSSR count). The van der Waals surface area contributed by atoms with Gasteiger partial charge in [-0.1, -0.05) is 17.7 Å². The van der Waals surface area contributed by atoms with E-state index in [4.69, 9.17) is 0 Å². The smallest absolute Gasteiger partial charge is 0.253 e. The van der Waals surface area contributed by atoms with E-state index in [0.29, 0.717) is 24.3 Å². The summed E-state index contributed by atoms with van der Waals surface area (Å²) in [7, 11) is 0. The molecule has 0 heterocycles. The van der Waals surface area contributed by atoms with Gasteiger partial charge < -0.3 is 15.5 Å². The van der Waals surface area contributed by atoms with Gasteiger partial charge >= 0.3 is 0 Å². The van der Waals surface area contributed by atoms with Crippen LogP contribution < -0.4 is 10.6 Å². The van der Waals surface area contributed by atoms with Crippen molar-refractivity contribution in [3.8, 4) is 0 Å². The average Bonchev–Trinajstić information content (AvgIpc) is 2.71. The van der Waals surface area contributed by atoms with Crippen molar-refractivity contribution in [3.63, 3.8) is 0 Å². The molecule has 0 aliphatic rings. The van der Waals surface area contributed by atoms with Gasteiger partial charge in [0.05, 0.1) is 11.5 Å². The SMILES string of the molecule is CCN(CC)C(=O)c1ccc(NC(=O)CSCC(=O)Nc2ccc(C)cc2C)cc1. The number of hydrogen-bond donors (Lipinski definition) is 2. The number of anilines is 2. The Morgan fingerprint density at radius 3 is 2.03 bits per heavy atom. The van der Waals surface area contributed by atoms with Crippen LogP contribution in [0.3, 0.4) is 0 Å². The summed E-state index contributed by atoms with van der Waals surface area (Å²) in [5.41, 5.74) is 4.15. The third-order valence-corrected chi connectivity index (χ3v) is 5.52. The van der Waals surface area contributed by atoms with Crippen molar-refractivity contribution in [2.24, 2.45) is 0 Å². The Kier molecular flexibility index (Phi) is 8.92. The molecule has 2 N–H and O–H groups in total. The summed E-state index contributed by atoms with van der Waals surface area (Å²) in [6.45, 7) is 9.14. The zero-order valence-corrected chi connectivity index (χ0v) is 18.8. The fourth-order valence-corrected chi connectivity index (χ4v) is 3.58. The maximum Gasteiger partial charge on any atom is 0.253 e. The third kappa shape index (κ3) is 6.91. The molecule has 3 amide bonds. The number of nitrogens with one attached hydrogen (secondary N) is 2. The molecule has 0 saturated carbocycles. The molecule has 160 valence electrons. The highest BCUT2D eigenvalue weighted by Crippen LogP contribution is 2.17. The minimum Gasteiger partial charge on any atom is -0.339 e. The predicted octanol–water partition coefficient (Wildman–Crippen LogP) is 4.10. The van der Waals surface area contributed by atoms with Crippen LogP contribution in [-0.4, -0.2) is 47.2 Å². The van der Waals surface area contributed by atoms with Crippen molar-refractivity contribution in [2.45, 2.75) is 27.7 Å². The van der Waals surface area contributed by atoms with Gasteiger partial charge in [0.1, 0.15) is 0 Å². The zero-order chi connectivity index (χ0) is 22.1. The number of nitrogens with zero attached hydrogens (tertiary/aromatic N) is 1. The first-order valence-electron chi connectivity index (χ1n) is 9.98. The van der Waals surface area contributed by atoms with Gasteiger partial charge in [0.25, 0.3) is 5.91 Å². The Morgan fingerprint density at radius 1 is 0.867 bits per heavy atom. The minimum atomic E-state index is -0.192. The lowest BCUT2D eigenvalue weighted by atomic mass is 10.1. The fourth-order valence-electron chi connectivity index (χ4n) is 2.96. The van der Waals surface area contributed by atoms with Gasteiger partial charge in [0, 0.05) is 30.0 Å². The van der Waals surface area contributed by atoms with Crippen LogP contribution in [0.25, 0.3) is 0 Å². The molecular weight excluding hydrogens is 398 g/mol. The third-order valence-electron chi connectivity index (χ3n) is 4.59. The minimum absolute atomic E-state index is 0.0248. The molecule has 0 spiro atoms. The molecule has 0 aliphatic carbocycles. The molecule has 0 saturated heterocycles. The van der Waals surface area contributed by atoms with E-state index in [2.05, 4.69) is 10.6 Å². The second kappa shape index (κ2) is 11.4. The fraction of sp³-hybridized carbons (Fsp3) is 0.348. The van der Waals surface area contributed by atoms with Crippen LogP contribution in [0.15, 0.2) is 42.5 Å². The summed E-state index contributed by atoms with van der Waals surface area (Å²) in [5.74, 6) is 0.00258. The first-order chi connectivity index (χ1) is 14.3. The Labute approximate surface area is 182 Å². The van der Waals surface area contributed by atoms with Crippen molar-refractivity contribution in [1.29, 1.82) is 0 Å². The van der Waals surface area contributed by atoms with Gasteiger partial charge in [-0.3, -0.25) is 14.4 Å². The lowest BCUT2D eigenvalue weighted by molar-refractivity contribution is -0.114. The molecule has 30 heavy (non-hydrogen) atoms. The second-order valence-corrected chi connectivity index (χ2v) is 7.95. The molecule has 2 aromatic carbocycles. The van der Waals surface area contributed by atoms with Crippen LogP contribution >= 0.6 is 11.8 Å². The van der Waals surface area contributed by atoms with Gasteiger partial charge in [-0.25, -0.2) is 0 Å². The summed E-state index contributed by atoms with van der Waals surface area (Å²) in [6, 6.07) is 12.7. The normalized spacial score (nSPS) is 10.4. The lowest BCUT2D eigenvalue weighted by Gasteiger charge is -2.18. The molecule has 6 nitrogen and oxygen atoms in total. The largest absolute Gasteiger partial charge is 0.339 e.